The Hall–Kier alpha value is -3.67. The van der Waals surface area contributed by atoms with Gasteiger partial charge in [-0.3, -0.25) is 4.79 Å². The highest BCUT2D eigenvalue weighted by atomic mass is 32.2. The van der Waals surface area contributed by atoms with E-state index < -0.39 is 27.4 Å². The number of amides is 1. The van der Waals surface area contributed by atoms with Crippen LogP contribution >= 0.6 is 0 Å². The van der Waals surface area contributed by atoms with E-state index in [1.807, 2.05) is 12.1 Å². The molecule has 1 amide bonds. The van der Waals surface area contributed by atoms with Crippen LogP contribution in [0, 0.1) is 0 Å². The number of hydrogen-bond acceptors (Lipinski definition) is 7. The van der Waals surface area contributed by atoms with Gasteiger partial charge in [0.2, 0.25) is 11.9 Å². The van der Waals surface area contributed by atoms with E-state index in [0.29, 0.717) is 30.3 Å². The average molecular weight is 522 g/mol. The molecule has 0 spiro atoms. The fourth-order valence-electron chi connectivity index (χ4n) is 3.21. The summed E-state index contributed by atoms with van der Waals surface area (Å²) >= 11 is 0. The summed E-state index contributed by atoms with van der Waals surface area (Å²) in [4.78, 5) is 21.1. The lowest BCUT2D eigenvalue weighted by Crippen LogP contribution is -2.21. The van der Waals surface area contributed by atoms with Gasteiger partial charge < -0.3 is 15.5 Å². The molecule has 3 aromatic rings. The van der Waals surface area contributed by atoms with Crippen molar-refractivity contribution in [1.29, 1.82) is 0 Å². The van der Waals surface area contributed by atoms with Crippen molar-refractivity contribution in [1.82, 2.24) is 14.9 Å². The SMILES string of the molecule is CN(C)C(=O)CCc1ccc(Nc2ncc(C(F)(F)F)c(NCc3cccc(S(C)(=O)=O)c3)n2)cc1. The lowest BCUT2D eigenvalue weighted by atomic mass is 10.1. The van der Waals surface area contributed by atoms with Gasteiger partial charge in [-0.05, 0) is 41.8 Å². The predicted molar refractivity (Wildman–Crippen MR) is 131 cm³/mol. The Bertz CT molecular complexity index is 1330. The molecule has 0 radical (unpaired) electrons. The average Bonchev–Trinajstić information content (AvgIpc) is 2.81. The van der Waals surface area contributed by atoms with Crippen LogP contribution < -0.4 is 10.6 Å². The highest BCUT2D eigenvalue weighted by molar-refractivity contribution is 7.90. The predicted octanol–water partition coefficient (Wildman–Crippen LogP) is 4.28. The number of carbonyl (C=O) groups excluding carboxylic acids is 1. The Balaban J connectivity index is 1.76. The Labute approximate surface area is 207 Å². The monoisotopic (exact) mass is 521 g/mol. The molecule has 36 heavy (non-hydrogen) atoms. The van der Waals surface area contributed by atoms with E-state index in [4.69, 9.17) is 0 Å². The maximum Gasteiger partial charge on any atom is 0.421 e. The molecule has 2 N–H and O–H groups in total. The van der Waals surface area contributed by atoms with Gasteiger partial charge in [-0.2, -0.15) is 18.2 Å². The van der Waals surface area contributed by atoms with Gasteiger partial charge in [0.15, 0.2) is 9.84 Å². The van der Waals surface area contributed by atoms with Gasteiger partial charge in [0, 0.05) is 45.2 Å². The lowest BCUT2D eigenvalue weighted by molar-refractivity contribution is -0.137. The molecule has 12 heteroatoms. The van der Waals surface area contributed by atoms with Gasteiger partial charge in [0.05, 0.1) is 4.90 Å². The van der Waals surface area contributed by atoms with Gasteiger partial charge in [0.1, 0.15) is 11.4 Å². The zero-order valence-corrected chi connectivity index (χ0v) is 20.7. The number of nitrogens with one attached hydrogen (secondary N) is 2. The first-order valence-corrected chi connectivity index (χ1v) is 12.8. The first-order chi connectivity index (χ1) is 16.8. The van der Waals surface area contributed by atoms with Crippen molar-refractivity contribution in [2.45, 2.75) is 30.5 Å². The van der Waals surface area contributed by atoms with Crippen LogP contribution in [-0.4, -0.2) is 49.5 Å². The molecule has 2 aromatic carbocycles. The molecule has 0 bridgehead atoms. The normalized spacial score (nSPS) is 11.7. The van der Waals surface area contributed by atoms with Crippen LogP contribution in [0.1, 0.15) is 23.1 Å². The first kappa shape index (κ1) is 26.9. The van der Waals surface area contributed by atoms with E-state index in [1.54, 1.807) is 32.3 Å². The van der Waals surface area contributed by atoms with Crippen molar-refractivity contribution in [3.05, 3.63) is 71.4 Å². The minimum atomic E-state index is -4.69. The maximum atomic E-state index is 13.5. The Morgan fingerprint density at radius 3 is 2.36 bits per heavy atom. The topological polar surface area (TPSA) is 104 Å². The molecule has 0 fully saturated rings. The molecule has 8 nitrogen and oxygen atoms in total. The second-order valence-corrected chi connectivity index (χ2v) is 10.4. The summed E-state index contributed by atoms with van der Waals surface area (Å²) in [6.45, 7) is -0.0801. The molecule has 0 saturated carbocycles. The number of hydrogen-bond donors (Lipinski definition) is 2. The number of halogens is 3. The summed E-state index contributed by atoms with van der Waals surface area (Å²) in [6.07, 6.45) is -2.03. The number of benzene rings is 2. The number of rotatable bonds is 9. The number of anilines is 3. The lowest BCUT2D eigenvalue weighted by Gasteiger charge is -2.15. The fraction of sp³-hybridized carbons (Fsp3) is 0.292. The van der Waals surface area contributed by atoms with Gasteiger partial charge in [-0.15, -0.1) is 0 Å². The molecule has 1 heterocycles. The van der Waals surface area contributed by atoms with E-state index in [2.05, 4.69) is 20.6 Å². The van der Waals surface area contributed by atoms with Crippen molar-refractivity contribution < 1.29 is 26.4 Å². The molecule has 1 aromatic heterocycles. The van der Waals surface area contributed by atoms with E-state index in [0.717, 1.165) is 11.8 Å². The third kappa shape index (κ3) is 7.41. The number of sulfone groups is 1. The Morgan fingerprint density at radius 2 is 1.75 bits per heavy atom. The fourth-order valence-corrected chi connectivity index (χ4v) is 3.91. The van der Waals surface area contributed by atoms with Crippen molar-refractivity contribution in [3.8, 4) is 0 Å². The molecule has 0 aliphatic rings. The maximum absolute atomic E-state index is 13.5. The number of nitrogens with zero attached hydrogens (tertiary/aromatic N) is 3. The Kier molecular flexibility index (Phi) is 8.18. The van der Waals surface area contributed by atoms with Gasteiger partial charge in [-0.25, -0.2) is 13.4 Å². The van der Waals surface area contributed by atoms with Crippen molar-refractivity contribution in [3.63, 3.8) is 0 Å². The summed E-state index contributed by atoms with van der Waals surface area (Å²) in [7, 11) is -0.0788. The van der Waals surface area contributed by atoms with Crippen LogP contribution in [0.15, 0.2) is 59.6 Å². The smallest absolute Gasteiger partial charge is 0.365 e. The van der Waals surface area contributed by atoms with Crippen LogP contribution in [-0.2, 0) is 33.8 Å². The molecule has 0 aliphatic carbocycles. The minimum absolute atomic E-state index is 0.0124. The molecule has 192 valence electrons. The van der Waals surface area contributed by atoms with Gasteiger partial charge in [0.25, 0.3) is 0 Å². The first-order valence-electron chi connectivity index (χ1n) is 10.9. The molecule has 0 unspecified atom stereocenters. The third-order valence-corrected chi connectivity index (χ3v) is 6.33. The van der Waals surface area contributed by atoms with Crippen molar-refractivity contribution in [2.24, 2.45) is 0 Å². The largest absolute Gasteiger partial charge is 0.421 e. The summed E-state index contributed by atoms with van der Waals surface area (Å²) < 4.78 is 64.1. The summed E-state index contributed by atoms with van der Waals surface area (Å²) in [5.74, 6) is -0.479. The molecule has 0 aliphatic heterocycles. The molecule has 3 rings (SSSR count). The second kappa shape index (κ2) is 10.9. The quantitative estimate of drug-likeness (QED) is 0.433. The number of aromatic nitrogens is 2. The van der Waals surface area contributed by atoms with E-state index in [-0.39, 0.29) is 23.3 Å². The van der Waals surface area contributed by atoms with Crippen LogP contribution in [0.2, 0.25) is 0 Å². The van der Waals surface area contributed by atoms with Crippen molar-refractivity contribution in [2.75, 3.05) is 31.0 Å². The highest BCUT2D eigenvalue weighted by Crippen LogP contribution is 2.34. The molecule has 0 saturated heterocycles. The minimum Gasteiger partial charge on any atom is -0.365 e. The summed E-state index contributed by atoms with van der Waals surface area (Å²) in [5.41, 5.74) is 0.919. The number of carbonyl (C=O) groups is 1. The zero-order valence-electron chi connectivity index (χ0n) is 19.9. The highest BCUT2D eigenvalue weighted by Gasteiger charge is 2.35. The van der Waals surface area contributed by atoms with Gasteiger partial charge in [-0.1, -0.05) is 24.3 Å². The Morgan fingerprint density at radius 1 is 1.06 bits per heavy atom. The summed E-state index contributed by atoms with van der Waals surface area (Å²) in [6, 6.07) is 13.0. The molecule has 0 atom stereocenters. The van der Waals surface area contributed by atoms with Crippen molar-refractivity contribution >= 4 is 33.2 Å². The van der Waals surface area contributed by atoms with E-state index >= 15 is 0 Å². The number of alkyl halides is 3. The van der Waals surface area contributed by atoms with Crippen LogP contribution in [0.5, 0.6) is 0 Å². The molecular formula is C24H26F3N5O3S. The zero-order chi connectivity index (χ0) is 26.5. The molecular weight excluding hydrogens is 495 g/mol. The van der Waals surface area contributed by atoms with Crippen LogP contribution in [0.25, 0.3) is 0 Å². The third-order valence-electron chi connectivity index (χ3n) is 5.22. The summed E-state index contributed by atoms with van der Waals surface area (Å²) in [5, 5.41) is 5.52. The standard InChI is InChI=1S/C24H26F3N5O3S/c1-32(2)21(33)12-9-16-7-10-18(11-8-16)30-23-29-15-20(24(25,26)27)22(31-23)28-14-17-5-4-6-19(13-17)36(3,34)35/h4-8,10-11,13,15H,9,12,14H2,1-3H3,(H2,28,29,30,31). The van der Waals surface area contributed by atoms with Crippen LogP contribution in [0.4, 0.5) is 30.6 Å². The van der Waals surface area contributed by atoms with E-state index in [9.17, 15) is 26.4 Å². The van der Waals surface area contributed by atoms with Gasteiger partial charge >= 0.3 is 6.18 Å². The second-order valence-electron chi connectivity index (χ2n) is 8.34. The number of aryl methyl sites for hydroxylation is 1. The van der Waals surface area contributed by atoms with Crippen LogP contribution in [0.3, 0.4) is 0 Å². The van der Waals surface area contributed by atoms with E-state index in [1.165, 1.54) is 23.1 Å².